The molecule has 0 aliphatic carbocycles. The maximum absolute atomic E-state index is 12.3. The van der Waals surface area contributed by atoms with Crippen molar-refractivity contribution in [2.75, 3.05) is 23.9 Å². The number of ether oxygens (including phenoxy) is 1. The number of nitrogens with one attached hydrogen (secondary N) is 2. The van der Waals surface area contributed by atoms with Crippen LogP contribution < -0.4 is 20.3 Å². The van der Waals surface area contributed by atoms with E-state index in [0.29, 0.717) is 23.0 Å². The lowest BCUT2D eigenvalue weighted by atomic mass is 10.2. The fourth-order valence-corrected chi connectivity index (χ4v) is 3.12. The van der Waals surface area contributed by atoms with Crippen LogP contribution in [0.1, 0.15) is 6.42 Å². The van der Waals surface area contributed by atoms with Gasteiger partial charge in [-0.3, -0.25) is 4.79 Å². The predicted molar refractivity (Wildman–Crippen MR) is 102 cm³/mol. The number of carbonyl (C=O) groups is 2. The fourth-order valence-electron chi connectivity index (χ4n) is 2.78. The molecule has 2 N–H and O–H groups in total. The Hall–Kier alpha value is -2.44. The number of methoxy groups -OCH3 is 1. The van der Waals surface area contributed by atoms with E-state index >= 15 is 0 Å². The van der Waals surface area contributed by atoms with Gasteiger partial charge in [0.25, 0.3) is 0 Å². The lowest BCUT2D eigenvalue weighted by molar-refractivity contribution is -0.117. The van der Waals surface area contributed by atoms with Crippen LogP contribution in [0.25, 0.3) is 0 Å². The van der Waals surface area contributed by atoms with Crippen molar-refractivity contribution in [2.45, 2.75) is 12.5 Å². The molecule has 2 aromatic rings. The third kappa shape index (κ3) is 4.03. The first-order chi connectivity index (χ1) is 12.5. The molecule has 136 valence electrons. The largest absolute Gasteiger partial charge is 0.497 e. The van der Waals surface area contributed by atoms with Crippen LogP contribution in [0.4, 0.5) is 16.2 Å². The Morgan fingerprint density at radius 3 is 2.77 bits per heavy atom. The average Bonchev–Trinajstić information content (AvgIpc) is 2.99. The predicted octanol–water partition coefficient (Wildman–Crippen LogP) is 3.93. The van der Waals surface area contributed by atoms with Crippen molar-refractivity contribution in [3.63, 3.8) is 0 Å². The van der Waals surface area contributed by atoms with Crippen LogP contribution in [-0.2, 0) is 4.79 Å². The van der Waals surface area contributed by atoms with Crippen molar-refractivity contribution in [2.24, 2.45) is 0 Å². The average molecular weight is 394 g/mol. The molecule has 8 heteroatoms. The Morgan fingerprint density at radius 2 is 2.00 bits per heavy atom. The van der Waals surface area contributed by atoms with Crippen molar-refractivity contribution in [1.82, 2.24) is 5.32 Å². The van der Waals surface area contributed by atoms with Gasteiger partial charge in [-0.15, -0.1) is 0 Å². The first-order valence-corrected chi connectivity index (χ1v) is 8.69. The number of amides is 3. The summed E-state index contributed by atoms with van der Waals surface area (Å²) in [6.45, 7) is 0.378. The lowest BCUT2D eigenvalue weighted by Gasteiger charge is -2.18. The molecule has 1 heterocycles. The van der Waals surface area contributed by atoms with Gasteiger partial charge in [0.15, 0.2) is 0 Å². The second kappa shape index (κ2) is 7.85. The van der Waals surface area contributed by atoms with E-state index in [2.05, 4.69) is 10.6 Å². The summed E-state index contributed by atoms with van der Waals surface area (Å²) in [6.07, 6.45) is 0.216. The number of carbonyl (C=O) groups excluding carboxylic acids is 2. The fraction of sp³-hybridized carbons (Fsp3) is 0.222. The zero-order valence-corrected chi connectivity index (χ0v) is 15.5. The molecular weight excluding hydrogens is 377 g/mol. The van der Waals surface area contributed by atoms with E-state index in [-0.39, 0.29) is 23.4 Å². The first kappa shape index (κ1) is 18.4. The zero-order chi connectivity index (χ0) is 18.7. The second-order valence-corrected chi connectivity index (χ2v) is 6.59. The zero-order valence-electron chi connectivity index (χ0n) is 14.0. The highest BCUT2D eigenvalue weighted by molar-refractivity contribution is 6.43. The van der Waals surface area contributed by atoms with Gasteiger partial charge >= 0.3 is 6.03 Å². The molecule has 26 heavy (non-hydrogen) atoms. The van der Waals surface area contributed by atoms with E-state index in [9.17, 15) is 9.59 Å². The van der Waals surface area contributed by atoms with E-state index in [4.69, 9.17) is 27.9 Å². The molecule has 6 nitrogen and oxygen atoms in total. The minimum Gasteiger partial charge on any atom is -0.497 e. The molecule has 1 aliphatic rings. The summed E-state index contributed by atoms with van der Waals surface area (Å²) in [4.78, 5) is 26.1. The highest BCUT2D eigenvalue weighted by atomic mass is 35.5. The maximum atomic E-state index is 12.3. The van der Waals surface area contributed by atoms with Gasteiger partial charge in [0, 0.05) is 24.7 Å². The SMILES string of the molecule is COc1cccc(N2C[C@H](NC(=O)Nc3cccc(Cl)c3Cl)CC2=O)c1. The van der Waals surface area contributed by atoms with E-state index in [1.54, 1.807) is 36.3 Å². The van der Waals surface area contributed by atoms with Gasteiger partial charge in [0.1, 0.15) is 5.75 Å². The molecule has 0 aromatic heterocycles. The Bertz CT molecular complexity index is 844. The van der Waals surface area contributed by atoms with Gasteiger partial charge in [-0.2, -0.15) is 0 Å². The van der Waals surface area contributed by atoms with Crippen LogP contribution in [0.2, 0.25) is 10.0 Å². The molecule has 3 rings (SSSR count). The van der Waals surface area contributed by atoms with E-state index in [1.165, 1.54) is 0 Å². The van der Waals surface area contributed by atoms with Gasteiger partial charge in [-0.25, -0.2) is 4.79 Å². The van der Waals surface area contributed by atoms with Crippen molar-refractivity contribution >= 4 is 46.5 Å². The minimum atomic E-state index is -0.445. The van der Waals surface area contributed by atoms with Gasteiger partial charge in [0.05, 0.1) is 28.9 Å². The summed E-state index contributed by atoms with van der Waals surface area (Å²) in [5, 5.41) is 6.06. The molecule has 1 fully saturated rings. The van der Waals surface area contributed by atoms with Crippen molar-refractivity contribution < 1.29 is 14.3 Å². The number of urea groups is 1. The van der Waals surface area contributed by atoms with Crippen molar-refractivity contribution in [3.8, 4) is 5.75 Å². The Balaban J connectivity index is 1.63. The molecular formula is C18H17Cl2N3O3. The number of halogens is 2. The van der Waals surface area contributed by atoms with Crippen LogP contribution in [-0.4, -0.2) is 31.6 Å². The van der Waals surface area contributed by atoms with Crippen LogP contribution in [0.5, 0.6) is 5.75 Å². The van der Waals surface area contributed by atoms with Gasteiger partial charge in [-0.05, 0) is 24.3 Å². The van der Waals surface area contributed by atoms with Crippen LogP contribution in [0.3, 0.4) is 0 Å². The lowest BCUT2D eigenvalue weighted by Crippen LogP contribution is -2.39. The molecule has 1 saturated heterocycles. The molecule has 0 radical (unpaired) electrons. The molecule has 0 unspecified atom stereocenters. The van der Waals surface area contributed by atoms with Crippen LogP contribution in [0, 0.1) is 0 Å². The Kier molecular flexibility index (Phi) is 5.54. The minimum absolute atomic E-state index is 0.0654. The normalized spacial score (nSPS) is 16.5. The summed E-state index contributed by atoms with van der Waals surface area (Å²) in [7, 11) is 1.57. The molecule has 0 spiro atoms. The van der Waals surface area contributed by atoms with E-state index in [0.717, 1.165) is 5.69 Å². The van der Waals surface area contributed by atoms with Gasteiger partial charge in [-0.1, -0.05) is 35.3 Å². The topological polar surface area (TPSA) is 70.7 Å². The summed E-state index contributed by atoms with van der Waals surface area (Å²) < 4.78 is 5.19. The van der Waals surface area contributed by atoms with Crippen LogP contribution >= 0.6 is 23.2 Å². The molecule has 2 aromatic carbocycles. The maximum Gasteiger partial charge on any atom is 0.319 e. The van der Waals surface area contributed by atoms with Crippen molar-refractivity contribution in [3.05, 3.63) is 52.5 Å². The summed E-state index contributed by atoms with van der Waals surface area (Å²) >= 11 is 12.0. The Morgan fingerprint density at radius 1 is 1.23 bits per heavy atom. The van der Waals surface area contributed by atoms with Gasteiger partial charge in [0.2, 0.25) is 5.91 Å². The van der Waals surface area contributed by atoms with E-state index < -0.39 is 6.03 Å². The molecule has 3 amide bonds. The van der Waals surface area contributed by atoms with Crippen molar-refractivity contribution in [1.29, 1.82) is 0 Å². The number of benzene rings is 2. The highest BCUT2D eigenvalue weighted by Crippen LogP contribution is 2.29. The molecule has 0 bridgehead atoms. The quantitative estimate of drug-likeness (QED) is 0.826. The summed E-state index contributed by atoms with van der Waals surface area (Å²) in [5.74, 6) is 0.601. The Labute approximate surface area is 161 Å². The van der Waals surface area contributed by atoms with Gasteiger partial charge < -0.3 is 20.3 Å². The third-order valence-electron chi connectivity index (χ3n) is 4.03. The number of nitrogens with zero attached hydrogens (tertiary/aromatic N) is 1. The monoisotopic (exact) mass is 393 g/mol. The third-order valence-corrected chi connectivity index (χ3v) is 4.84. The number of rotatable bonds is 4. The summed E-state index contributed by atoms with van der Waals surface area (Å²) in [5.41, 5.74) is 1.14. The highest BCUT2D eigenvalue weighted by Gasteiger charge is 2.31. The number of anilines is 2. The first-order valence-electron chi connectivity index (χ1n) is 7.94. The number of hydrogen-bond donors (Lipinski definition) is 2. The van der Waals surface area contributed by atoms with Crippen LogP contribution in [0.15, 0.2) is 42.5 Å². The summed E-state index contributed by atoms with van der Waals surface area (Å²) in [6, 6.07) is 11.4. The number of hydrogen-bond acceptors (Lipinski definition) is 3. The smallest absolute Gasteiger partial charge is 0.319 e. The van der Waals surface area contributed by atoms with E-state index in [1.807, 2.05) is 18.2 Å². The second-order valence-electron chi connectivity index (χ2n) is 5.81. The standard InChI is InChI=1S/C18H17Cl2N3O3/c1-26-13-5-2-4-12(9-13)23-10-11(8-16(23)24)21-18(25)22-15-7-3-6-14(19)17(15)20/h2-7,9,11H,8,10H2,1H3,(H2,21,22,25)/t11-/m1/s1. The molecule has 1 atom stereocenters. The molecule has 0 saturated carbocycles. The molecule has 1 aliphatic heterocycles.